The Kier molecular flexibility index (Phi) is 6.73. The van der Waals surface area contributed by atoms with Gasteiger partial charge in [0.25, 0.3) is 0 Å². The van der Waals surface area contributed by atoms with Crippen molar-refractivity contribution in [3.05, 3.63) is 29.6 Å². The van der Waals surface area contributed by atoms with Crippen molar-refractivity contribution in [2.24, 2.45) is 5.92 Å². The molecular weight excluding hydrogens is 229 g/mol. The van der Waals surface area contributed by atoms with E-state index in [-0.39, 0.29) is 5.82 Å². The third-order valence-corrected chi connectivity index (χ3v) is 2.81. The zero-order valence-electron chi connectivity index (χ0n) is 11.6. The standard InChI is InChI=1S/C15H24FNO/c1-12(2)5-4-8-17-9-10-18-14-6-7-15(16)13(3)11-14/h6-7,11-12,17H,4-5,8-10H2,1-3H3. The van der Waals surface area contributed by atoms with Gasteiger partial charge in [-0.1, -0.05) is 13.8 Å². The fourth-order valence-corrected chi connectivity index (χ4v) is 1.71. The average molecular weight is 253 g/mol. The number of halogens is 1. The van der Waals surface area contributed by atoms with Gasteiger partial charge in [-0.3, -0.25) is 0 Å². The Balaban J connectivity index is 2.09. The van der Waals surface area contributed by atoms with Gasteiger partial charge < -0.3 is 10.1 Å². The summed E-state index contributed by atoms with van der Waals surface area (Å²) in [5.74, 6) is 1.32. The Labute approximate surface area is 110 Å². The number of hydrogen-bond donors (Lipinski definition) is 1. The van der Waals surface area contributed by atoms with E-state index in [9.17, 15) is 4.39 Å². The number of rotatable bonds is 8. The van der Waals surface area contributed by atoms with Crippen LogP contribution in [0.3, 0.4) is 0 Å². The lowest BCUT2D eigenvalue weighted by atomic mass is 10.1. The fourth-order valence-electron chi connectivity index (χ4n) is 1.71. The Bertz CT molecular complexity index is 352. The predicted molar refractivity (Wildman–Crippen MR) is 73.6 cm³/mol. The molecule has 0 radical (unpaired) electrons. The van der Waals surface area contributed by atoms with Gasteiger partial charge in [-0.25, -0.2) is 4.39 Å². The average Bonchev–Trinajstić information content (AvgIpc) is 2.32. The van der Waals surface area contributed by atoms with Crippen LogP contribution in [-0.4, -0.2) is 19.7 Å². The van der Waals surface area contributed by atoms with Crippen molar-refractivity contribution < 1.29 is 9.13 Å². The van der Waals surface area contributed by atoms with Gasteiger partial charge >= 0.3 is 0 Å². The lowest BCUT2D eigenvalue weighted by molar-refractivity contribution is 0.312. The molecule has 0 bridgehead atoms. The molecule has 0 aliphatic rings. The number of nitrogens with one attached hydrogen (secondary N) is 1. The molecule has 18 heavy (non-hydrogen) atoms. The molecule has 0 saturated carbocycles. The summed E-state index contributed by atoms with van der Waals surface area (Å²) < 4.78 is 18.6. The predicted octanol–water partition coefficient (Wildman–Crippen LogP) is 3.54. The highest BCUT2D eigenvalue weighted by molar-refractivity contribution is 5.28. The highest BCUT2D eigenvalue weighted by atomic mass is 19.1. The summed E-state index contributed by atoms with van der Waals surface area (Å²) >= 11 is 0. The summed E-state index contributed by atoms with van der Waals surface area (Å²) in [6.45, 7) is 8.69. The number of benzene rings is 1. The number of hydrogen-bond acceptors (Lipinski definition) is 2. The van der Waals surface area contributed by atoms with Gasteiger partial charge in [-0.15, -0.1) is 0 Å². The largest absolute Gasteiger partial charge is 0.492 e. The van der Waals surface area contributed by atoms with Gasteiger partial charge in [0.1, 0.15) is 18.2 Å². The number of ether oxygens (including phenoxy) is 1. The van der Waals surface area contributed by atoms with E-state index in [2.05, 4.69) is 19.2 Å². The maximum atomic E-state index is 13.0. The van der Waals surface area contributed by atoms with Gasteiger partial charge in [0.05, 0.1) is 0 Å². The molecule has 1 aromatic rings. The zero-order chi connectivity index (χ0) is 13.4. The smallest absolute Gasteiger partial charge is 0.126 e. The van der Waals surface area contributed by atoms with Gasteiger partial charge in [-0.05, 0) is 56.0 Å². The monoisotopic (exact) mass is 253 g/mol. The van der Waals surface area contributed by atoms with E-state index in [0.717, 1.165) is 24.8 Å². The Morgan fingerprint density at radius 1 is 1.28 bits per heavy atom. The molecule has 1 aromatic carbocycles. The second-order valence-corrected chi connectivity index (χ2v) is 5.05. The van der Waals surface area contributed by atoms with E-state index < -0.39 is 0 Å². The van der Waals surface area contributed by atoms with Crippen molar-refractivity contribution in [3.63, 3.8) is 0 Å². The van der Waals surface area contributed by atoms with E-state index >= 15 is 0 Å². The lowest BCUT2D eigenvalue weighted by Crippen LogP contribution is -2.22. The summed E-state index contributed by atoms with van der Waals surface area (Å²) in [5.41, 5.74) is 0.623. The molecule has 0 spiro atoms. The Morgan fingerprint density at radius 3 is 2.72 bits per heavy atom. The van der Waals surface area contributed by atoms with Crippen LogP contribution in [0.25, 0.3) is 0 Å². The molecule has 0 atom stereocenters. The van der Waals surface area contributed by atoms with Crippen molar-refractivity contribution in [3.8, 4) is 5.75 Å². The first-order valence-electron chi connectivity index (χ1n) is 6.69. The van der Waals surface area contributed by atoms with E-state index in [1.54, 1.807) is 19.1 Å². The van der Waals surface area contributed by atoms with Gasteiger partial charge in [0, 0.05) is 6.54 Å². The van der Waals surface area contributed by atoms with Crippen LogP contribution < -0.4 is 10.1 Å². The second-order valence-electron chi connectivity index (χ2n) is 5.05. The van der Waals surface area contributed by atoms with Crippen molar-refractivity contribution in [1.82, 2.24) is 5.32 Å². The Morgan fingerprint density at radius 2 is 2.06 bits per heavy atom. The maximum absolute atomic E-state index is 13.0. The third-order valence-electron chi connectivity index (χ3n) is 2.81. The minimum Gasteiger partial charge on any atom is -0.492 e. The molecule has 1 N–H and O–H groups in total. The lowest BCUT2D eigenvalue weighted by Gasteiger charge is -2.09. The van der Waals surface area contributed by atoms with Gasteiger partial charge in [-0.2, -0.15) is 0 Å². The van der Waals surface area contributed by atoms with Crippen LogP contribution >= 0.6 is 0 Å². The fraction of sp³-hybridized carbons (Fsp3) is 0.600. The minimum absolute atomic E-state index is 0.186. The summed E-state index contributed by atoms with van der Waals surface area (Å²) in [6.07, 6.45) is 2.46. The molecule has 2 nitrogen and oxygen atoms in total. The molecule has 0 aliphatic carbocycles. The number of aryl methyl sites for hydroxylation is 1. The third kappa shape index (κ3) is 6.01. The van der Waals surface area contributed by atoms with Crippen LogP contribution in [0.15, 0.2) is 18.2 Å². The quantitative estimate of drug-likeness (QED) is 0.715. The highest BCUT2D eigenvalue weighted by Crippen LogP contribution is 2.15. The van der Waals surface area contributed by atoms with E-state index in [1.807, 2.05) is 0 Å². The highest BCUT2D eigenvalue weighted by Gasteiger charge is 1.99. The summed E-state index contributed by atoms with van der Waals surface area (Å²) in [7, 11) is 0. The molecule has 0 aliphatic heterocycles. The van der Waals surface area contributed by atoms with Gasteiger partial charge in [0.2, 0.25) is 0 Å². The molecule has 3 heteroatoms. The molecule has 0 heterocycles. The first-order valence-corrected chi connectivity index (χ1v) is 6.69. The van der Waals surface area contributed by atoms with Crippen molar-refractivity contribution >= 4 is 0 Å². The summed E-state index contributed by atoms with van der Waals surface area (Å²) in [6, 6.07) is 4.84. The maximum Gasteiger partial charge on any atom is 0.126 e. The molecule has 0 saturated heterocycles. The summed E-state index contributed by atoms with van der Waals surface area (Å²) in [4.78, 5) is 0. The van der Waals surface area contributed by atoms with Crippen LogP contribution in [0, 0.1) is 18.7 Å². The Hall–Kier alpha value is -1.09. The molecule has 1 rings (SSSR count). The van der Waals surface area contributed by atoms with Crippen molar-refractivity contribution in [2.75, 3.05) is 19.7 Å². The SMILES string of the molecule is Cc1cc(OCCNCCCC(C)C)ccc1F. The normalized spacial score (nSPS) is 10.9. The van der Waals surface area contributed by atoms with Crippen LogP contribution in [-0.2, 0) is 0 Å². The summed E-state index contributed by atoms with van der Waals surface area (Å²) in [5, 5.41) is 3.34. The van der Waals surface area contributed by atoms with Crippen LogP contribution in [0.2, 0.25) is 0 Å². The van der Waals surface area contributed by atoms with Crippen molar-refractivity contribution in [1.29, 1.82) is 0 Å². The molecule has 0 fully saturated rings. The molecule has 0 aromatic heterocycles. The van der Waals surface area contributed by atoms with Crippen LogP contribution in [0.1, 0.15) is 32.3 Å². The molecule has 0 amide bonds. The van der Waals surface area contributed by atoms with Gasteiger partial charge in [0.15, 0.2) is 0 Å². The van der Waals surface area contributed by atoms with E-state index in [1.165, 1.54) is 18.9 Å². The van der Waals surface area contributed by atoms with Crippen molar-refractivity contribution in [2.45, 2.75) is 33.6 Å². The minimum atomic E-state index is -0.186. The first kappa shape index (κ1) is 15.0. The van der Waals surface area contributed by atoms with E-state index in [0.29, 0.717) is 12.2 Å². The van der Waals surface area contributed by atoms with E-state index in [4.69, 9.17) is 4.74 Å². The zero-order valence-corrected chi connectivity index (χ0v) is 11.6. The molecule has 102 valence electrons. The van der Waals surface area contributed by atoms with Crippen LogP contribution in [0.5, 0.6) is 5.75 Å². The van der Waals surface area contributed by atoms with Crippen LogP contribution in [0.4, 0.5) is 4.39 Å². The second kappa shape index (κ2) is 8.09. The topological polar surface area (TPSA) is 21.3 Å². The first-order chi connectivity index (χ1) is 8.59. The molecule has 0 unspecified atom stereocenters. The molecular formula is C15H24FNO.